The van der Waals surface area contributed by atoms with Gasteiger partial charge >= 0.3 is 0 Å². The Bertz CT molecular complexity index is 951. The Morgan fingerprint density at radius 3 is 2.93 bits per heavy atom. The van der Waals surface area contributed by atoms with Crippen molar-refractivity contribution in [3.63, 3.8) is 0 Å². The summed E-state index contributed by atoms with van der Waals surface area (Å²) >= 11 is 1.55. The number of aromatic nitrogens is 3. The third-order valence-corrected chi connectivity index (χ3v) is 5.00. The number of thiazole rings is 1. The van der Waals surface area contributed by atoms with Crippen LogP contribution in [0.4, 0.5) is 0 Å². The van der Waals surface area contributed by atoms with Crippen molar-refractivity contribution >= 4 is 23.3 Å². The Labute approximate surface area is 160 Å². The van der Waals surface area contributed by atoms with Crippen molar-refractivity contribution in [3.05, 3.63) is 58.3 Å². The van der Waals surface area contributed by atoms with Gasteiger partial charge < -0.3 is 14.2 Å². The number of carbonyl (C=O) groups excluding carboxylic acids is 1. The first-order valence-corrected chi connectivity index (χ1v) is 9.46. The maximum Gasteiger partial charge on any atom is 0.257 e. The van der Waals surface area contributed by atoms with Crippen LogP contribution in [0.1, 0.15) is 22.6 Å². The monoisotopic (exact) mass is 382 g/mol. The van der Waals surface area contributed by atoms with Crippen LogP contribution in [0, 0.1) is 6.92 Å². The molecule has 1 fully saturated rings. The van der Waals surface area contributed by atoms with Crippen molar-refractivity contribution in [2.75, 3.05) is 19.8 Å². The third-order valence-electron chi connectivity index (χ3n) is 4.21. The van der Waals surface area contributed by atoms with E-state index in [1.807, 2.05) is 42.6 Å². The van der Waals surface area contributed by atoms with E-state index in [1.54, 1.807) is 22.3 Å². The van der Waals surface area contributed by atoms with Gasteiger partial charge in [0.05, 0.1) is 23.9 Å². The molecule has 1 aromatic carbocycles. The first-order chi connectivity index (χ1) is 13.2. The van der Waals surface area contributed by atoms with E-state index in [0.717, 1.165) is 16.3 Å². The van der Waals surface area contributed by atoms with E-state index in [2.05, 4.69) is 15.1 Å². The van der Waals surface area contributed by atoms with Crippen molar-refractivity contribution in [2.24, 2.45) is 0 Å². The van der Waals surface area contributed by atoms with Crippen molar-refractivity contribution in [1.29, 1.82) is 0 Å². The zero-order valence-corrected chi connectivity index (χ0v) is 15.6. The van der Waals surface area contributed by atoms with Crippen molar-refractivity contribution in [3.8, 4) is 11.5 Å². The first kappa shape index (κ1) is 17.6. The van der Waals surface area contributed by atoms with Gasteiger partial charge in [0.15, 0.2) is 5.82 Å². The van der Waals surface area contributed by atoms with Crippen molar-refractivity contribution in [1.82, 2.24) is 20.0 Å². The molecular formula is C19H18N4O3S. The molecule has 0 saturated carbocycles. The molecule has 8 heteroatoms. The van der Waals surface area contributed by atoms with E-state index in [4.69, 9.17) is 9.26 Å². The minimum absolute atomic E-state index is 0.125. The summed E-state index contributed by atoms with van der Waals surface area (Å²) in [5, 5.41) is 6.96. The van der Waals surface area contributed by atoms with E-state index in [1.165, 1.54) is 6.08 Å². The van der Waals surface area contributed by atoms with E-state index >= 15 is 0 Å². The van der Waals surface area contributed by atoms with Crippen LogP contribution in [0.15, 0.2) is 46.3 Å². The van der Waals surface area contributed by atoms with Crippen molar-refractivity contribution < 1.29 is 14.1 Å². The number of ether oxygens (including phenoxy) is 1. The number of benzene rings is 1. The van der Waals surface area contributed by atoms with Crippen molar-refractivity contribution in [2.45, 2.75) is 13.0 Å². The van der Waals surface area contributed by atoms with Gasteiger partial charge in [0.2, 0.25) is 5.91 Å². The normalized spacial score (nSPS) is 17.5. The lowest BCUT2D eigenvalue weighted by Gasteiger charge is -2.32. The summed E-state index contributed by atoms with van der Waals surface area (Å²) in [7, 11) is 0. The minimum Gasteiger partial charge on any atom is -0.377 e. The lowest BCUT2D eigenvalue weighted by atomic mass is 10.2. The smallest absolute Gasteiger partial charge is 0.257 e. The molecular weight excluding hydrogens is 364 g/mol. The standard InChI is InChI=1S/C19H18N4O3S/c1-13-20-15(12-27-13)7-8-17(24)23-9-10-25-11-16(23)18-21-19(26-22-18)14-5-3-2-4-6-14/h2-8,12,16H,9-11H2,1H3. The summed E-state index contributed by atoms with van der Waals surface area (Å²) < 4.78 is 10.9. The lowest BCUT2D eigenvalue weighted by molar-refractivity contribution is -0.135. The van der Waals surface area contributed by atoms with E-state index in [0.29, 0.717) is 31.5 Å². The quantitative estimate of drug-likeness (QED) is 0.645. The number of hydrogen-bond acceptors (Lipinski definition) is 7. The molecule has 0 radical (unpaired) electrons. The predicted octanol–water partition coefficient (Wildman–Crippen LogP) is 3.11. The summed E-state index contributed by atoms with van der Waals surface area (Å²) in [5.74, 6) is 0.747. The molecule has 0 spiro atoms. The van der Waals surface area contributed by atoms with Crippen LogP contribution in [0.5, 0.6) is 0 Å². The van der Waals surface area contributed by atoms with Gasteiger partial charge in [-0.15, -0.1) is 11.3 Å². The van der Waals surface area contributed by atoms with Crippen LogP contribution in [0.2, 0.25) is 0 Å². The number of rotatable bonds is 4. The van der Waals surface area contributed by atoms with Gasteiger partial charge in [0.25, 0.3) is 5.89 Å². The number of hydrogen-bond donors (Lipinski definition) is 0. The molecule has 3 heterocycles. The molecule has 4 rings (SSSR count). The molecule has 0 N–H and O–H groups in total. The van der Waals surface area contributed by atoms with Crippen LogP contribution in [0.3, 0.4) is 0 Å². The third kappa shape index (κ3) is 3.96. The molecule has 2 aromatic heterocycles. The molecule has 0 bridgehead atoms. The first-order valence-electron chi connectivity index (χ1n) is 8.58. The number of carbonyl (C=O) groups is 1. The Morgan fingerprint density at radius 2 is 2.15 bits per heavy atom. The molecule has 1 saturated heterocycles. The Kier molecular flexibility index (Phi) is 5.08. The Balaban J connectivity index is 1.53. The topological polar surface area (TPSA) is 81.4 Å². The van der Waals surface area contributed by atoms with E-state index < -0.39 is 0 Å². The summed E-state index contributed by atoms with van der Waals surface area (Å²) in [4.78, 5) is 23.2. The molecule has 0 aliphatic carbocycles. The average molecular weight is 382 g/mol. The van der Waals surface area contributed by atoms with Gasteiger partial charge in [-0.05, 0) is 25.1 Å². The van der Waals surface area contributed by atoms with Crippen LogP contribution in [-0.2, 0) is 9.53 Å². The summed E-state index contributed by atoms with van der Waals surface area (Å²) in [6, 6.07) is 9.15. The second-order valence-corrected chi connectivity index (χ2v) is 7.13. The predicted molar refractivity (Wildman–Crippen MR) is 101 cm³/mol. The number of nitrogens with zero attached hydrogens (tertiary/aromatic N) is 4. The highest BCUT2D eigenvalue weighted by Crippen LogP contribution is 2.25. The summed E-state index contributed by atoms with van der Waals surface area (Å²) in [6.07, 6.45) is 3.26. The van der Waals surface area contributed by atoms with Crippen LogP contribution in [0.25, 0.3) is 17.5 Å². The summed E-state index contributed by atoms with van der Waals surface area (Å²) in [5.41, 5.74) is 1.62. The second-order valence-electron chi connectivity index (χ2n) is 6.07. The Morgan fingerprint density at radius 1 is 1.30 bits per heavy atom. The molecule has 3 aromatic rings. The molecule has 7 nitrogen and oxygen atoms in total. The van der Waals surface area contributed by atoms with Crippen LogP contribution >= 0.6 is 11.3 Å². The molecule has 138 valence electrons. The van der Waals surface area contributed by atoms with Crippen LogP contribution in [-0.4, -0.2) is 45.7 Å². The van der Waals surface area contributed by atoms with Gasteiger partial charge in [-0.25, -0.2) is 4.98 Å². The zero-order chi connectivity index (χ0) is 18.6. The molecule has 1 unspecified atom stereocenters. The highest BCUT2D eigenvalue weighted by molar-refractivity contribution is 7.09. The van der Waals surface area contributed by atoms with E-state index in [-0.39, 0.29) is 11.9 Å². The highest BCUT2D eigenvalue weighted by Gasteiger charge is 2.31. The Hall–Kier alpha value is -2.84. The molecule has 1 aliphatic heterocycles. The molecule has 1 atom stereocenters. The van der Waals surface area contributed by atoms with Gasteiger partial charge in [-0.1, -0.05) is 23.4 Å². The molecule has 1 aliphatic rings. The fourth-order valence-corrected chi connectivity index (χ4v) is 3.44. The van der Waals surface area contributed by atoms with Gasteiger partial charge in [0.1, 0.15) is 6.04 Å². The maximum absolute atomic E-state index is 12.7. The molecule has 1 amide bonds. The highest BCUT2D eigenvalue weighted by atomic mass is 32.1. The minimum atomic E-state index is -0.380. The van der Waals surface area contributed by atoms with E-state index in [9.17, 15) is 4.79 Å². The SMILES string of the molecule is Cc1nc(C=CC(=O)N2CCOCC2c2noc(-c3ccccc3)n2)cs1. The summed E-state index contributed by atoms with van der Waals surface area (Å²) in [6.45, 7) is 3.22. The zero-order valence-electron chi connectivity index (χ0n) is 14.7. The lowest BCUT2D eigenvalue weighted by Crippen LogP contribution is -2.43. The van der Waals surface area contributed by atoms with Gasteiger partial charge in [-0.2, -0.15) is 4.98 Å². The largest absolute Gasteiger partial charge is 0.377 e. The average Bonchev–Trinajstić information content (AvgIpc) is 3.36. The van der Waals surface area contributed by atoms with Gasteiger partial charge in [-0.3, -0.25) is 4.79 Å². The maximum atomic E-state index is 12.7. The number of amides is 1. The molecule has 27 heavy (non-hydrogen) atoms. The number of morpholine rings is 1. The number of aryl methyl sites for hydroxylation is 1. The fraction of sp³-hybridized carbons (Fsp3) is 0.263. The fourth-order valence-electron chi connectivity index (χ4n) is 2.86. The second kappa shape index (κ2) is 7.81. The van der Waals surface area contributed by atoms with Gasteiger partial charge in [0, 0.05) is 23.6 Å². The van der Waals surface area contributed by atoms with Crippen LogP contribution < -0.4 is 0 Å².